The van der Waals surface area contributed by atoms with Gasteiger partial charge in [-0.25, -0.2) is 4.98 Å². The zero-order chi connectivity index (χ0) is 17.1. The largest absolute Gasteiger partial charge is 0.355 e. The Morgan fingerprint density at radius 3 is 2.96 bits per heavy atom. The smallest absolute Gasteiger partial charge is 0.260 e. The fraction of sp³-hybridized carbons (Fsp3) is 0.312. The number of nitrogens with one attached hydrogen (secondary N) is 2. The van der Waals surface area contributed by atoms with E-state index in [0.29, 0.717) is 27.8 Å². The molecule has 0 bridgehead atoms. The number of carbonyl (C=O) groups excluding carboxylic acids is 1. The van der Waals surface area contributed by atoms with E-state index in [1.54, 1.807) is 11.3 Å². The van der Waals surface area contributed by atoms with Gasteiger partial charge in [-0.05, 0) is 17.4 Å². The van der Waals surface area contributed by atoms with Crippen LogP contribution in [0.4, 0.5) is 0 Å². The molecule has 0 atom stereocenters. The van der Waals surface area contributed by atoms with E-state index in [9.17, 15) is 9.59 Å². The summed E-state index contributed by atoms with van der Waals surface area (Å²) in [6.07, 6.45) is 0. The number of fused-ring (bicyclic) bond motifs is 1. The number of aromatic nitrogens is 2. The van der Waals surface area contributed by atoms with Crippen LogP contribution in [0.25, 0.3) is 20.7 Å². The first-order valence-corrected chi connectivity index (χ1v) is 10.2. The third-order valence-corrected chi connectivity index (χ3v) is 5.91. The van der Waals surface area contributed by atoms with Gasteiger partial charge in [0, 0.05) is 22.4 Å². The zero-order valence-electron chi connectivity index (χ0n) is 13.3. The molecule has 0 fully saturated rings. The van der Waals surface area contributed by atoms with Gasteiger partial charge in [-0.2, -0.15) is 0 Å². The number of H-pyrrole nitrogens is 1. The summed E-state index contributed by atoms with van der Waals surface area (Å²) in [6.45, 7) is 4.74. The summed E-state index contributed by atoms with van der Waals surface area (Å²) in [6, 6.07) is 3.96. The van der Waals surface area contributed by atoms with E-state index >= 15 is 0 Å². The van der Waals surface area contributed by atoms with Crippen molar-refractivity contribution in [3.63, 3.8) is 0 Å². The lowest BCUT2D eigenvalue weighted by molar-refractivity contribution is -0.118. The van der Waals surface area contributed by atoms with Crippen molar-refractivity contribution < 1.29 is 4.79 Å². The summed E-state index contributed by atoms with van der Waals surface area (Å²) in [5, 5.41) is 7.90. The average molecular weight is 380 g/mol. The Labute approximate surface area is 151 Å². The van der Waals surface area contributed by atoms with Crippen LogP contribution in [0.15, 0.2) is 32.8 Å². The van der Waals surface area contributed by atoms with E-state index in [4.69, 9.17) is 0 Å². The highest BCUT2D eigenvalue weighted by atomic mass is 32.2. The molecule has 3 aromatic rings. The highest BCUT2D eigenvalue weighted by Crippen LogP contribution is 2.33. The van der Waals surface area contributed by atoms with Gasteiger partial charge in [0.1, 0.15) is 4.83 Å². The predicted octanol–water partition coefficient (Wildman–Crippen LogP) is 3.58. The number of carbonyl (C=O) groups is 1. The molecule has 0 saturated carbocycles. The number of thiophene rings is 2. The number of aromatic amines is 1. The summed E-state index contributed by atoms with van der Waals surface area (Å²) in [4.78, 5) is 33.2. The fourth-order valence-electron chi connectivity index (χ4n) is 2.11. The van der Waals surface area contributed by atoms with Crippen molar-refractivity contribution in [3.05, 3.63) is 33.2 Å². The second-order valence-corrected chi connectivity index (χ2v) is 8.43. The first-order valence-electron chi connectivity index (χ1n) is 7.49. The summed E-state index contributed by atoms with van der Waals surface area (Å²) >= 11 is 4.30. The molecule has 3 aromatic heterocycles. The maximum Gasteiger partial charge on any atom is 0.260 e. The first kappa shape index (κ1) is 17.2. The summed E-state index contributed by atoms with van der Waals surface area (Å²) < 4.78 is 0. The maximum atomic E-state index is 12.4. The van der Waals surface area contributed by atoms with Gasteiger partial charge in [0.2, 0.25) is 5.91 Å². The van der Waals surface area contributed by atoms with Crippen molar-refractivity contribution in [2.24, 2.45) is 5.92 Å². The van der Waals surface area contributed by atoms with E-state index in [1.807, 2.05) is 36.7 Å². The number of rotatable bonds is 6. The van der Waals surface area contributed by atoms with Gasteiger partial charge < -0.3 is 10.3 Å². The van der Waals surface area contributed by atoms with Gasteiger partial charge in [0.25, 0.3) is 5.56 Å². The Kier molecular flexibility index (Phi) is 5.37. The zero-order valence-corrected chi connectivity index (χ0v) is 15.7. The average Bonchev–Trinajstić information content (AvgIpc) is 3.19. The van der Waals surface area contributed by atoms with Crippen molar-refractivity contribution in [1.82, 2.24) is 15.3 Å². The summed E-state index contributed by atoms with van der Waals surface area (Å²) in [5.41, 5.74) is 0.764. The normalized spacial score (nSPS) is 11.3. The Hall–Kier alpha value is -1.64. The van der Waals surface area contributed by atoms with Gasteiger partial charge in [-0.1, -0.05) is 31.7 Å². The van der Waals surface area contributed by atoms with Crippen LogP contribution in [-0.2, 0) is 4.79 Å². The fourth-order valence-corrected chi connectivity index (χ4v) is 4.62. The monoisotopic (exact) mass is 379 g/mol. The van der Waals surface area contributed by atoms with Gasteiger partial charge in [0.05, 0.1) is 11.1 Å². The molecular weight excluding hydrogens is 362 g/mol. The minimum atomic E-state index is -0.158. The molecular formula is C16H17N3O2S3. The molecule has 126 valence electrons. The molecule has 0 spiro atoms. The van der Waals surface area contributed by atoms with Crippen molar-refractivity contribution in [2.45, 2.75) is 19.0 Å². The van der Waals surface area contributed by atoms with Crippen LogP contribution >= 0.6 is 34.4 Å². The van der Waals surface area contributed by atoms with E-state index in [0.717, 1.165) is 10.4 Å². The number of hydrogen-bond donors (Lipinski definition) is 2. The number of amides is 1. The second kappa shape index (κ2) is 7.50. The Morgan fingerprint density at radius 1 is 1.42 bits per heavy atom. The van der Waals surface area contributed by atoms with Gasteiger partial charge in [-0.15, -0.1) is 22.7 Å². The van der Waals surface area contributed by atoms with Crippen molar-refractivity contribution >= 4 is 50.6 Å². The van der Waals surface area contributed by atoms with Crippen LogP contribution in [0.5, 0.6) is 0 Å². The van der Waals surface area contributed by atoms with Crippen LogP contribution in [0.2, 0.25) is 0 Å². The van der Waals surface area contributed by atoms with E-state index < -0.39 is 0 Å². The van der Waals surface area contributed by atoms with Gasteiger partial charge >= 0.3 is 0 Å². The molecule has 0 aliphatic carbocycles. The third-order valence-electron chi connectivity index (χ3n) is 3.26. The number of nitrogens with zero attached hydrogens (tertiary/aromatic N) is 1. The minimum Gasteiger partial charge on any atom is -0.355 e. The minimum absolute atomic E-state index is 0.0538. The lowest BCUT2D eigenvalue weighted by atomic mass is 10.2. The number of thioether (sulfide) groups is 1. The Bertz CT molecular complexity index is 897. The van der Waals surface area contributed by atoms with Crippen LogP contribution < -0.4 is 10.9 Å². The van der Waals surface area contributed by atoms with E-state index in [1.165, 1.54) is 23.1 Å². The molecule has 2 N–H and O–H groups in total. The van der Waals surface area contributed by atoms with E-state index in [2.05, 4.69) is 15.3 Å². The molecule has 3 rings (SSSR count). The molecule has 0 unspecified atom stereocenters. The Balaban J connectivity index is 1.77. The molecule has 3 heterocycles. The quantitative estimate of drug-likeness (QED) is 0.507. The Morgan fingerprint density at radius 2 is 2.25 bits per heavy atom. The lowest BCUT2D eigenvalue weighted by Gasteiger charge is -2.07. The van der Waals surface area contributed by atoms with Gasteiger partial charge in [0.15, 0.2) is 5.16 Å². The maximum absolute atomic E-state index is 12.4. The van der Waals surface area contributed by atoms with E-state index in [-0.39, 0.29) is 17.2 Å². The molecule has 0 saturated heterocycles. The van der Waals surface area contributed by atoms with Crippen LogP contribution in [0.1, 0.15) is 13.8 Å². The van der Waals surface area contributed by atoms with Crippen LogP contribution in [-0.4, -0.2) is 28.2 Å². The van der Waals surface area contributed by atoms with Crippen LogP contribution in [0.3, 0.4) is 0 Å². The van der Waals surface area contributed by atoms with Crippen molar-refractivity contribution in [2.75, 3.05) is 12.3 Å². The first-order chi connectivity index (χ1) is 11.5. The molecule has 0 aliphatic heterocycles. The molecule has 1 amide bonds. The molecule has 8 heteroatoms. The SMILES string of the molecule is CC(C)CNC(=O)CSc1nc2scc(-c3cccs3)c2c(=O)[nH]1. The van der Waals surface area contributed by atoms with Crippen molar-refractivity contribution in [3.8, 4) is 10.4 Å². The summed E-state index contributed by atoms with van der Waals surface area (Å²) in [7, 11) is 0. The topological polar surface area (TPSA) is 74.8 Å². The van der Waals surface area contributed by atoms with Crippen LogP contribution in [0, 0.1) is 5.92 Å². The standard InChI is InChI=1S/C16H17N3O2S3/c1-9(2)6-17-12(20)8-24-16-18-14(21)13-10(7-23-15(13)19-16)11-4-3-5-22-11/h3-5,7,9H,6,8H2,1-2H3,(H,17,20)(H,18,19,21). The molecule has 0 aliphatic rings. The van der Waals surface area contributed by atoms with Crippen molar-refractivity contribution in [1.29, 1.82) is 0 Å². The molecule has 0 aromatic carbocycles. The third kappa shape index (κ3) is 3.88. The molecule has 5 nitrogen and oxygen atoms in total. The molecule has 24 heavy (non-hydrogen) atoms. The highest BCUT2D eigenvalue weighted by molar-refractivity contribution is 7.99. The summed E-state index contributed by atoms with van der Waals surface area (Å²) in [5.74, 6) is 0.599. The number of hydrogen-bond acceptors (Lipinski definition) is 6. The molecule has 0 radical (unpaired) electrons. The highest BCUT2D eigenvalue weighted by Gasteiger charge is 2.14. The second-order valence-electron chi connectivity index (χ2n) is 5.66. The lowest BCUT2D eigenvalue weighted by Crippen LogP contribution is -2.28. The van der Waals surface area contributed by atoms with Gasteiger partial charge in [-0.3, -0.25) is 9.59 Å². The predicted molar refractivity (Wildman–Crippen MR) is 102 cm³/mol.